The lowest BCUT2D eigenvalue weighted by atomic mass is 9.91. The first kappa shape index (κ1) is 18.8. The smallest absolute Gasteiger partial charge is 0.260 e. The average Bonchev–Trinajstić information content (AvgIpc) is 3.07. The van der Waals surface area contributed by atoms with Crippen LogP contribution in [0.25, 0.3) is 0 Å². The van der Waals surface area contributed by atoms with Gasteiger partial charge >= 0.3 is 0 Å². The van der Waals surface area contributed by atoms with Crippen LogP contribution in [-0.2, 0) is 4.79 Å². The van der Waals surface area contributed by atoms with Crippen LogP contribution >= 0.6 is 23.2 Å². The second-order valence-corrected chi connectivity index (χ2v) is 7.80. The van der Waals surface area contributed by atoms with Crippen molar-refractivity contribution in [1.29, 1.82) is 0 Å². The summed E-state index contributed by atoms with van der Waals surface area (Å²) in [4.78, 5) is 16.4. The molecule has 25 heavy (non-hydrogen) atoms. The first-order chi connectivity index (χ1) is 12.0. The Hall–Kier alpha value is -1.01. The zero-order chi connectivity index (χ0) is 17.9. The minimum atomic E-state index is -0.679. The highest BCUT2D eigenvalue weighted by atomic mass is 35.5. The van der Waals surface area contributed by atoms with Gasteiger partial charge in [0.1, 0.15) is 5.75 Å². The summed E-state index contributed by atoms with van der Waals surface area (Å²) in [5.41, 5.74) is -0.679. The molecule has 1 N–H and O–H groups in total. The number of piperidine rings is 1. The second kappa shape index (κ2) is 8.12. The standard InChI is InChI=1S/C18H24Cl2N2O3/c19-14-3-4-16(15(20)11-14)25-12-17(23)22-9-5-18(24,6-10-22)13-21-7-1-2-8-21/h3-4,11,24H,1-2,5-10,12-13H2. The molecule has 2 heterocycles. The summed E-state index contributed by atoms with van der Waals surface area (Å²) in [5, 5.41) is 11.7. The summed E-state index contributed by atoms with van der Waals surface area (Å²) >= 11 is 11.9. The summed E-state index contributed by atoms with van der Waals surface area (Å²) in [5.74, 6) is 0.358. The van der Waals surface area contributed by atoms with Gasteiger partial charge in [0.25, 0.3) is 5.91 Å². The van der Waals surface area contributed by atoms with E-state index in [-0.39, 0.29) is 12.5 Å². The summed E-state index contributed by atoms with van der Waals surface area (Å²) in [6, 6.07) is 4.91. The van der Waals surface area contributed by atoms with Crippen LogP contribution in [-0.4, -0.2) is 65.7 Å². The minimum absolute atomic E-state index is 0.0636. The molecule has 2 aliphatic heterocycles. The van der Waals surface area contributed by atoms with Crippen molar-refractivity contribution in [3.63, 3.8) is 0 Å². The zero-order valence-corrected chi connectivity index (χ0v) is 15.7. The predicted octanol–water partition coefficient (Wildman–Crippen LogP) is 2.82. The van der Waals surface area contributed by atoms with Crippen LogP contribution < -0.4 is 4.74 Å². The lowest BCUT2D eigenvalue weighted by molar-refractivity contribution is -0.138. The van der Waals surface area contributed by atoms with E-state index in [4.69, 9.17) is 27.9 Å². The van der Waals surface area contributed by atoms with E-state index >= 15 is 0 Å². The Bertz CT molecular complexity index is 612. The van der Waals surface area contributed by atoms with Gasteiger partial charge in [0.05, 0.1) is 10.6 Å². The van der Waals surface area contributed by atoms with Crippen molar-refractivity contribution in [2.75, 3.05) is 39.3 Å². The van der Waals surface area contributed by atoms with Crippen LogP contribution in [0, 0.1) is 0 Å². The number of likely N-dealkylation sites (tertiary alicyclic amines) is 2. The molecule has 0 radical (unpaired) electrons. The van der Waals surface area contributed by atoms with Crippen LogP contribution in [0.3, 0.4) is 0 Å². The van der Waals surface area contributed by atoms with Crippen molar-refractivity contribution in [2.45, 2.75) is 31.3 Å². The molecule has 5 nitrogen and oxygen atoms in total. The molecule has 0 aliphatic carbocycles. The normalized spacial score (nSPS) is 20.7. The maximum Gasteiger partial charge on any atom is 0.260 e. The molecular weight excluding hydrogens is 363 g/mol. The number of halogens is 2. The molecule has 1 aromatic carbocycles. The number of hydrogen-bond donors (Lipinski definition) is 1. The highest BCUT2D eigenvalue weighted by molar-refractivity contribution is 6.35. The fourth-order valence-corrected chi connectivity index (χ4v) is 3.97. The van der Waals surface area contributed by atoms with E-state index in [1.807, 2.05) is 0 Å². The third-order valence-electron chi connectivity index (χ3n) is 5.01. The fraction of sp³-hybridized carbons (Fsp3) is 0.611. The monoisotopic (exact) mass is 386 g/mol. The Morgan fingerprint density at radius 1 is 1.16 bits per heavy atom. The van der Waals surface area contributed by atoms with Gasteiger partial charge in [-0.2, -0.15) is 0 Å². The third kappa shape index (κ3) is 5.00. The number of hydrogen-bond acceptors (Lipinski definition) is 4. The molecule has 2 saturated heterocycles. The molecule has 3 rings (SSSR count). The van der Waals surface area contributed by atoms with Crippen molar-refractivity contribution in [3.05, 3.63) is 28.2 Å². The Balaban J connectivity index is 1.46. The lowest BCUT2D eigenvalue weighted by Gasteiger charge is -2.40. The molecule has 0 bridgehead atoms. The van der Waals surface area contributed by atoms with Gasteiger partial charge in [-0.05, 0) is 57.0 Å². The Morgan fingerprint density at radius 2 is 1.84 bits per heavy atom. The van der Waals surface area contributed by atoms with Gasteiger partial charge in [-0.1, -0.05) is 23.2 Å². The second-order valence-electron chi connectivity index (χ2n) is 6.95. The van der Waals surface area contributed by atoms with Crippen molar-refractivity contribution in [3.8, 4) is 5.75 Å². The van der Waals surface area contributed by atoms with Crippen LogP contribution in [0.4, 0.5) is 0 Å². The quantitative estimate of drug-likeness (QED) is 0.844. The van der Waals surface area contributed by atoms with Crippen molar-refractivity contribution >= 4 is 29.1 Å². The predicted molar refractivity (Wildman–Crippen MR) is 98.4 cm³/mol. The molecule has 1 amide bonds. The number of carbonyl (C=O) groups is 1. The Kier molecular flexibility index (Phi) is 6.10. The number of aliphatic hydroxyl groups is 1. The molecule has 0 aromatic heterocycles. The number of benzene rings is 1. The SMILES string of the molecule is O=C(COc1ccc(Cl)cc1Cl)N1CCC(O)(CN2CCCC2)CC1. The molecule has 2 fully saturated rings. The Labute approximate surface area is 158 Å². The molecular formula is C18H24Cl2N2O3. The summed E-state index contributed by atoms with van der Waals surface area (Å²) in [6.45, 7) is 3.90. The van der Waals surface area contributed by atoms with Gasteiger partial charge < -0.3 is 19.6 Å². The number of β-amino-alcohol motifs (C(OH)–C–C–N with tert-alkyl or cyclic N) is 1. The van der Waals surface area contributed by atoms with Crippen LogP contribution in [0.2, 0.25) is 10.0 Å². The number of carbonyl (C=O) groups excluding carboxylic acids is 1. The van der Waals surface area contributed by atoms with E-state index in [1.54, 1.807) is 23.1 Å². The van der Waals surface area contributed by atoms with Gasteiger partial charge in [0.2, 0.25) is 0 Å². The van der Waals surface area contributed by atoms with E-state index in [0.717, 1.165) is 13.1 Å². The molecule has 138 valence electrons. The summed E-state index contributed by atoms with van der Waals surface area (Å²) < 4.78 is 5.51. The Morgan fingerprint density at radius 3 is 2.48 bits per heavy atom. The molecule has 0 atom stereocenters. The van der Waals surface area contributed by atoms with E-state index in [1.165, 1.54) is 12.8 Å². The highest BCUT2D eigenvalue weighted by Gasteiger charge is 2.36. The molecule has 7 heteroatoms. The van der Waals surface area contributed by atoms with E-state index < -0.39 is 5.60 Å². The fourth-order valence-electron chi connectivity index (χ4n) is 3.51. The van der Waals surface area contributed by atoms with Crippen molar-refractivity contribution in [2.24, 2.45) is 0 Å². The highest BCUT2D eigenvalue weighted by Crippen LogP contribution is 2.28. The third-order valence-corrected chi connectivity index (χ3v) is 5.54. The van der Waals surface area contributed by atoms with Crippen LogP contribution in [0.5, 0.6) is 5.75 Å². The first-order valence-electron chi connectivity index (χ1n) is 8.76. The van der Waals surface area contributed by atoms with E-state index in [0.29, 0.717) is 48.3 Å². The molecule has 2 aliphatic rings. The molecule has 0 unspecified atom stereocenters. The number of ether oxygens (including phenoxy) is 1. The number of amides is 1. The molecule has 0 spiro atoms. The minimum Gasteiger partial charge on any atom is -0.482 e. The van der Waals surface area contributed by atoms with Gasteiger partial charge in [-0.15, -0.1) is 0 Å². The van der Waals surface area contributed by atoms with Crippen LogP contribution in [0.15, 0.2) is 18.2 Å². The molecule has 1 aromatic rings. The first-order valence-corrected chi connectivity index (χ1v) is 9.51. The maximum absolute atomic E-state index is 12.3. The summed E-state index contributed by atoms with van der Waals surface area (Å²) in [6.07, 6.45) is 3.64. The van der Waals surface area contributed by atoms with E-state index in [9.17, 15) is 9.90 Å². The van der Waals surface area contributed by atoms with E-state index in [2.05, 4.69) is 4.90 Å². The molecule has 0 saturated carbocycles. The van der Waals surface area contributed by atoms with Crippen molar-refractivity contribution in [1.82, 2.24) is 9.80 Å². The van der Waals surface area contributed by atoms with Gasteiger partial charge in [-0.3, -0.25) is 4.79 Å². The van der Waals surface area contributed by atoms with Crippen molar-refractivity contribution < 1.29 is 14.6 Å². The van der Waals surface area contributed by atoms with Gasteiger partial charge in [-0.25, -0.2) is 0 Å². The zero-order valence-electron chi connectivity index (χ0n) is 14.2. The van der Waals surface area contributed by atoms with Crippen LogP contribution in [0.1, 0.15) is 25.7 Å². The largest absolute Gasteiger partial charge is 0.482 e. The topological polar surface area (TPSA) is 53.0 Å². The maximum atomic E-state index is 12.3. The number of nitrogens with zero attached hydrogens (tertiary/aromatic N) is 2. The average molecular weight is 387 g/mol. The van der Waals surface area contributed by atoms with Gasteiger partial charge in [0, 0.05) is 24.7 Å². The van der Waals surface area contributed by atoms with Gasteiger partial charge in [0.15, 0.2) is 6.61 Å². The summed E-state index contributed by atoms with van der Waals surface area (Å²) in [7, 11) is 0. The number of rotatable bonds is 5. The lowest BCUT2D eigenvalue weighted by Crippen LogP contribution is -2.52.